The Morgan fingerprint density at radius 1 is 1.53 bits per heavy atom. The first-order chi connectivity index (χ1) is 7.81. The molecule has 0 radical (unpaired) electrons. The number of oxime groups is 1. The van der Waals surface area contributed by atoms with E-state index in [9.17, 15) is 4.79 Å². The zero-order valence-electron chi connectivity index (χ0n) is 11.2. The largest absolute Gasteiger partial charge is 0.409 e. The highest BCUT2D eigenvalue weighted by Crippen LogP contribution is 2.43. The fourth-order valence-corrected chi connectivity index (χ4v) is 2.04. The van der Waals surface area contributed by atoms with Gasteiger partial charge in [0.05, 0.1) is 0 Å². The van der Waals surface area contributed by atoms with E-state index in [1.165, 1.54) is 0 Å². The Morgan fingerprint density at radius 3 is 2.35 bits per heavy atom. The summed E-state index contributed by atoms with van der Waals surface area (Å²) in [4.78, 5) is 14.2. The van der Waals surface area contributed by atoms with Crippen LogP contribution in [-0.2, 0) is 4.79 Å². The lowest BCUT2D eigenvalue weighted by atomic mass is 9.66. The van der Waals surface area contributed by atoms with Crippen LogP contribution in [0.3, 0.4) is 0 Å². The van der Waals surface area contributed by atoms with Gasteiger partial charge in [0, 0.05) is 12.6 Å². The van der Waals surface area contributed by atoms with Crippen LogP contribution in [0.1, 0.15) is 46.5 Å². The zero-order chi connectivity index (χ0) is 13.3. The summed E-state index contributed by atoms with van der Waals surface area (Å²) < 4.78 is 0. The molecule has 0 heterocycles. The van der Waals surface area contributed by atoms with E-state index in [1.54, 1.807) is 11.9 Å². The van der Waals surface area contributed by atoms with Gasteiger partial charge in [-0.3, -0.25) is 4.79 Å². The first kappa shape index (κ1) is 13.8. The molecular formula is C12H23N3O2. The number of rotatable bonds is 4. The molecule has 3 N–H and O–H groups in total. The molecule has 0 atom stereocenters. The third kappa shape index (κ3) is 2.10. The van der Waals surface area contributed by atoms with Crippen molar-refractivity contribution in [2.45, 2.75) is 52.0 Å². The second-order valence-electron chi connectivity index (χ2n) is 5.45. The number of amidine groups is 1. The van der Waals surface area contributed by atoms with Gasteiger partial charge in [-0.1, -0.05) is 18.5 Å². The molecule has 1 aliphatic carbocycles. The Labute approximate surface area is 103 Å². The lowest BCUT2D eigenvalue weighted by Crippen LogP contribution is -2.58. The topological polar surface area (TPSA) is 78.9 Å². The number of nitrogens with two attached hydrogens (primary N) is 1. The average Bonchev–Trinajstić information content (AvgIpc) is 2.25. The van der Waals surface area contributed by atoms with Gasteiger partial charge in [0.15, 0.2) is 5.84 Å². The van der Waals surface area contributed by atoms with Crippen molar-refractivity contribution in [2.24, 2.45) is 16.3 Å². The Kier molecular flexibility index (Phi) is 3.69. The summed E-state index contributed by atoms with van der Waals surface area (Å²) in [6.07, 6.45) is 3.15. The van der Waals surface area contributed by atoms with Crippen molar-refractivity contribution in [1.82, 2.24) is 4.90 Å². The molecule has 1 rings (SSSR count). The normalized spacial score (nSPS) is 19.6. The van der Waals surface area contributed by atoms with Crippen molar-refractivity contribution in [3.05, 3.63) is 0 Å². The van der Waals surface area contributed by atoms with Gasteiger partial charge in [0.1, 0.15) is 5.41 Å². The molecule has 0 aromatic rings. The number of carbonyl (C=O) groups excluding carboxylic acids is 1. The van der Waals surface area contributed by atoms with E-state index in [4.69, 9.17) is 10.9 Å². The predicted molar refractivity (Wildman–Crippen MR) is 66.8 cm³/mol. The van der Waals surface area contributed by atoms with Gasteiger partial charge in [0.25, 0.3) is 0 Å². The Balaban J connectivity index is 2.96. The van der Waals surface area contributed by atoms with E-state index >= 15 is 0 Å². The first-order valence-corrected chi connectivity index (χ1v) is 6.08. The van der Waals surface area contributed by atoms with Crippen LogP contribution in [0.2, 0.25) is 0 Å². The number of carbonyl (C=O) groups is 1. The van der Waals surface area contributed by atoms with Crippen molar-refractivity contribution < 1.29 is 10.0 Å². The molecule has 98 valence electrons. The minimum Gasteiger partial charge on any atom is -0.409 e. The summed E-state index contributed by atoms with van der Waals surface area (Å²) in [5.41, 5.74) is 4.71. The van der Waals surface area contributed by atoms with Crippen LogP contribution >= 0.6 is 0 Å². The van der Waals surface area contributed by atoms with E-state index in [0.717, 1.165) is 12.8 Å². The molecule has 1 fully saturated rings. The van der Waals surface area contributed by atoms with Crippen molar-refractivity contribution >= 4 is 11.7 Å². The van der Waals surface area contributed by atoms with E-state index in [-0.39, 0.29) is 17.3 Å². The maximum Gasteiger partial charge on any atom is 0.236 e. The fourth-order valence-electron chi connectivity index (χ4n) is 2.04. The third-order valence-corrected chi connectivity index (χ3v) is 4.29. The van der Waals surface area contributed by atoms with Gasteiger partial charge >= 0.3 is 0 Å². The van der Waals surface area contributed by atoms with Crippen LogP contribution in [0.4, 0.5) is 0 Å². The lowest BCUT2D eigenvalue weighted by molar-refractivity contribution is -0.146. The van der Waals surface area contributed by atoms with E-state index < -0.39 is 5.41 Å². The Hall–Kier alpha value is -1.26. The van der Waals surface area contributed by atoms with Gasteiger partial charge in [-0.2, -0.15) is 0 Å². The van der Waals surface area contributed by atoms with E-state index in [2.05, 4.69) is 5.16 Å². The van der Waals surface area contributed by atoms with Crippen LogP contribution in [0, 0.1) is 5.41 Å². The smallest absolute Gasteiger partial charge is 0.236 e. The number of hydrogen-bond acceptors (Lipinski definition) is 3. The van der Waals surface area contributed by atoms with Gasteiger partial charge in [-0.25, -0.2) is 0 Å². The van der Waals surface area contributed by atoms with Crippen LogP contribution in [0.25, 0.3) is 0 Å². The summed E-state index contributed by atoms with van der Waals surface area (Å²) in [6, 6.07) is 0. The lowest BCUT2D eigenvalue weighted by Gasteiger charge is -2.45. The molecule has 0 spiro atoms. The summed E-state index contributed by atoms with van der Waals surface area (Å²) >= 11 is 0. The summed E-state index contributed by atoms with van der Waals surface area (Å²) in [5.74, 6) is 0.0124. The molecule has 1 aliphatic rings. The minimum absolute atomic E-state index is 0.0362. The predicted octanol–water partition coefficient (Wildman–Crippen LogP) is 1.55. The average molecular weight is 241 g/mol. The van der Waals surface area contributed by atoms with Crippen molar-refractivity contribution in [1.29, 1.82) is 0 Å². The summed E-state index contributed by atoms with van der Waals surface area (Å²) in [7, 11) is 1.79. The molecule has 5 nitrogen and oxygen atoms in total. The number of amides is 1. The van der Waals surface area contributed by atoms with Crippen molar-refractivity contribution in [3.8, 4) is 0 Å². The molecule has 0 bridgehead atoms. The highest BCUT2D eigenvalue weighted by Gasteiger charge is 2.51. The third-order valence-electron chi connectivity index (χ3n) is 4.29. The molecule has 0 saturated heterocycles. The van der Waals surface area contributed by atoms with Crippen LogP contribution in [0.15, 0.2) is 5.16 Å². The zero-order valence-corrected chi connectivity index (χ0v) is 11.2. The van der Waals surface area contributed by atoms with Gasteiger partial charge in [0.2, 0.25) is 5.91 Å². The Bertz CT molecular complexity index is 333. The van der Waals surface area contributed by atoms with Crippen LogP contribution < -0.4 is 5.73 Å². The first-order valence-electron chi connectivity index (χ1n) is 6.08. The molecule has 1 saturated carbocycles. The summed E-state index contributed by atoms with van der Waals surface area (Å²) in [5, 5.41) is 11.9. The van der Waals surface area contributed by atoms with Crippen molar-refractivity contribution in [2.75, 3.05) is 7.05 Å². The highest BCUT2D eigenvalue weighted by atomic mass is 16.4. The SMILES string of the molecule is CCC(C)(C)N(C)C(=O)C1(C(N)=NO)CCC1. The minimum atomic E-state index is -0.768. The van der Waals surface area contributed by atoms with Crippen LogP contribution in [0.5, 0.6) is 0 Å². The molecule has 0 unspecified atom stereocenters. The fraction of sp³-hybridized carbons (Fsp3) is 0.833. The van der Waals surface area contributed by atoms with Crippen LogP contribution in [-0.4, -0.2) is 34.4 Å². The molecule has 1 amide bonds. The standard InChI is InChI=1S/C12H23N3O2/c1-5-11(2,3)15(4)10(16)12(7-6-8-12)9(13)14-17/h17H,5-8H2,1-4H3,(H2,13,14). The maximum atomic E-state index is 12.5. The molecule has 0 aliphatic heterocycles. The van der Waals surface area contributed by atoms with Gasteiger partial charge < -0.3 is 15.8 Å². The summed E-state index contributed by atoms with van der Waals surface area (Å²) in [6.45, 7) is 6.08. The molecular weight excluding hydrogens is 218 g/mol. The highest BCUT2D eigenvalue weighted by molar-refractivity contribution is 6.07. The second-order valence-corrected chi connectivity index (χ2v) is 5.45. The van der Waals surface area contributed by atoms with Gasteiger partial charge in [-0.15, -0.1) is 0 Å². The molecule has 0 aromatic carbocycles. The van der Waals surface area contributed by atoms with E-state index in [1.807, 2.05) is 20.8 Å². The number of nitrogens with zero attached hydrogens (tertiary/aromatic N) is 2. The quantitative estimate of drug-likeness (QED) is 0.339. The maximum absolute atomic E-state index is 12.5. The van der Waals surface area contributed by atoms with E-state index in [0.29, 0.717) is 12.8 Å². The number of hydrogen-bond donors (Lipinski definition) is 2. The molecule has 0 aromatic heterocycles. The Morgan fingerprint density at radius 2 is 2.06 bits per heavy atom. The second kappa shape index (κ2) is 4.55. The molecule has 17 heavy (non-hydrogen) atoms. The van der Waals surface area contributed by atoms with Gasteiger partial charge in [-0.05, 0) is 33.1 Å². The monoisotopic (exact) mass is 241 g/mol. The van der Waals surface area contributed by atoms with Crippen molar-refractivity contribution in [3.63, 3.8) is 0 Å². The molecule has 5 heteroatoms.